The lowest BCUT2D eigenvalue weighted by Crippen LogP contribution is -2.09. The first-order valence-electron chi connectivity index (χ1n) is 9.95. The van der Waals surface area contributed by atoms with E-state index >= 15 is 0 Å². The Kier molecular flexibility index (Phi) is 6.48. The third kappa shape index (κ3) is 5.79. The summed E-state index contributed by atoms with van der Waals surface area (Å²) in [6.07, 6.45) is 0. The first-order valence-corrected chi connectivity index (χ1v) is 9.95. The molecule has 0 radical (unpaired) electrons. The van der Waals surface area contributed by atoms with E-state index in [2.05, 4.69) is 10.6 Å². The van der Waals surface area contributed by atoms with Gasteiger partial charge in [0, 0.05) is 22.7 Å². The molecular formula is C26H24N2O2. The monoisotopic (exact) mass is 396 g/mol. The van der Waals surface area contributed by atoms with Crippen molar-refractivity contribution in [1.82, 2.24) is 0 Å². The molecule has 0 aliphatic rings. The summed E-state index contributed by atoms with van der Waals surface area (Å²) in [6, 6.07) is 36.0. The van der Waals surface area contributed by atoms with E-state index in [1.807, 2.05) is 109 Å². The number of nitrogens with one attached hydrogen (secondary N) is 2. The number of hydrogen-bond acceptors (Lipinski definition) is 4. The Balaban J connectivity index is 1.19. The fourth-order valence-corrected chi connectivity index (χ4v) is 2.96. The summed E-state index contributed by atoms with van der Waals surface area (Å²) in [5.74, 6) is 1.64. The molecule has 0 heterocycles. The van der Waals surface area contributed by atoms with Crippen LogP contribution in [0.4, 0.5) is 22.7 Å². The first-order chi connectivity index (χ1) is 14.8. The molecule has 150 valence electrons. The summed E-state index contributed by atoms with van der Waals surface area (Å²) in [4.78, 5) is 0. The highest BCUT2D eigenvalue weighted by Crippen LogP contribution is 2.21. The van der Waals surface area contributed by atoms with Crippen LogP contribution in [0.3, 0.4) is 0 Å². The van der Waals surface area contributed by atoms with Crippen LogP contribution in [0, 0.1) is 0 Å². The van der Waals surface area contributed by atoms with Gasteiger partial charge < -0.3 is 20.1 Å². The molecular weight excluding hydrogens is 372 g/mol. The van der Waals surface area contributed by atoms with E-state index in [1.54, 1.807) is 0 Å². The van der Waals surface area contributed by atoms with Crippen molar-refractivity contribution >= 4 is 22.7 Å². The molecule has 0 amide bonds. The summed E-state index contributed by atoms with van der Waals surface area (Å²) in [5, 5.41) is 6.71. The van der Waals surface area contributed by atoms with Gasteiger partial charge in [0.15, 0.2) is 0 Å². The molecule has 0 atom stereocenters. The van der Waals surface area contributed by atoms with Gasteiger partial charge in [-0.2, -0.15) is 0 Å². The van der Waals surface area contributed by atoms with Crippen molar-refractivity contribution in [3.8, 4) is 11.5 Å². The van der Waals surface area contributed by atoms with Crippen molar-refractivity contribution in [2.24, 2.45) is 0 Å². The molecule has 0 saturated heterocycles. The van der Waals surface area contributed by atoms with Gasteiger partial charge >= 0.3 is 0 Å². The molecule has 30 heavy (non-hydrogen) atoms. The van der Waals surface area contributed by atoms with Crippen molar-refractivity contribution in [1.29, 1.82) is 0 Å². The highest BCUT2D eigenvalue weighted by atomic mass is 16.5. The summed E-state index contributed by atoms with van der Waals surface area (Å²) in [5.41, 5.74) is 4.16. The lowest BCUT2D eigenvalue weighted by atomic mass is 10.2. The van der Waals surface area contributed by atoms with Gasteiger partial charge in [0.2, 0.25) is 0 Å². The van der Waals surface area contributed by atoms with Crippen LogP contribution in [-0.2, 0) is 0 Å². The molecule has 0 saturated carbocycles. The van der Waals surface area contributed by atoms with Crippen LogP contribution in [-0.4, -0.2) is 13.2 Å². The number of anilines is 4. The SMILES string of the molecule is c1ccc(Nc2ccc(OCCOc3ccc(Nc4ccccc4)cc3)cc2)cc1. The average Bonchev–Trinajstić information content (AvgIpc) is 2.80. The molecule has 0 spiro atoms. The highest BCUT2D eigenvalue weighted by molar-refractivity contribution is 5.61. The smallest absolute Gasteiger partial charge is 0.122 e. The standard InChI is InChI=1S/C26H24N2O2/c1-3-7-21(8-4-1)27-23-11-15-25(16-12-23)29-19-20-30-26-17-13-24(14-18-26)28-22-9-5-2-6-10-22/h1-18,27-28H,19-20H2. The van der Waals surface area contributed by atoms with Crippen molar-refractivity contribution in [3.63, 3.8) is 0 Å². The molecule has 0 aliphatic carbocycles. The van der Waals surface area contributed by atoms with Crippen molar-refractivity contribution in [3.05, 3.63) is 109 Å². The molecule has 4 aromatic rings. The molecule has 4 rings (SSSR count). The molecule has 0 bridgehead atoms. The zero-order chi connectivity index (χ0) is 20.4. The molecule has 4 nitrogen and oxygen atoms in total. The van der Waals surface area contributed by atoms with Crippen LogP contribution in [0.15, 0.2) is 109 Å². The van der Waals surface area contributed by atoms with E-state index in [9.17, 15) is 0 Å². The second-order valence-corrected chi connectivity index (χ2v) is 6.73. The number of ether oxygens (including phenoxy) is 2. The molecule has 0 unspecified atom stereocenters. The topological polar surface area (TPSA) is 42.5 Å². The van der Waals surface area contributed by atoms with Gasteiger partial charge in [-0.25, -0.2) is 0 Å². The van der Waals surface area contributed by atoms with Crippen LogP contribution < -0.4 is 20.1 Å². The minimum Gasteiger partial charge on any atom is -0.490 e. The summed E-state index contributed by atoms with van der Waals surface area (Å²) in [7, 11) is 0. The van der Waals surface area contributed by atoms with Crippen LogP contribution in [0.5, 0.6) is 11.5 Å². The van der Waals surface area contributed by atoms with E-state index in [-0.39, 0.29) is 0 Å². The number of hydrogen-bond donors (Lipinski definition) is 2. The maximum Gasteiger partial charge on any atom is 0.122 e. The molecule has 2 N–H and O–H groups in total. The Hall–Kier alpha value is -3.92. The van der Waals surface area contributed by atoms with E-state index in [0.717, 1.165) is 34.2 Å². The number of rotatable bonds is 9. The zero-order valence-corrected chi connectivity index (χ0v) is 16.6. The third-order valence-corrected chi connectivity index (χ3v) is 4.45. The Labute approximate surface area is 177 Å². The first kappa shape index (κ1) is 19.4. The molecule has 4 aromatic carbocycles. The van der Waals surface area contributed by atoms with Crippen molar-refractivity contribution in [2.45, 2.75) is 0 Å². The normalized spacial score (nSPS) is 10.3. The van der Waals surface area contributed by atoms with Gasteiger partial charge in [-0.3, -0.25) is 0 Å². The minimum absolute atomic E-state index is 0.482. The Morgan fingerprint density at radius 2 is 0.733 bits per heavy atom. The quantitative estimate of drug-likeness (QED) is 0.312. The molecule has 4 heteroatoms. The van der Waals surface area contributed by atoms with Crippen LogP contribution >= 0.6 is 0 Å². The van der Waals surface area contributed by atoms with Gasteiger partial charge in [0.1, 0.15) is 24.7 Å². The zero-order valence-electron chi connectivity index (χ0n) is 16.6. The predicted octanol–water partition coefficient (Wildman–Crippen LogP) is 6.63. The lowest BCUT2D eigenvalue weighted by molar-refractivity contribution is 0.217. The fraction of sp³-hybridized carbons (Fsp3) is 0.0769. The second-order valence-electron chi connectivity index (χ2n) is 6.73. The van der Waals surface area contributed by atoms with E-state index in [4.69, 9.17) is 9.47 Å². The van der Waals surface area contributed by atoms with Crippen molar-refractivity contribution < 1.29 is 9.47 Å². The maximum atomic E-state index is 5.77. The van der Waals surface area contributed by atoms with Crippen LogP contribution in [0.1, 0.15) is 0 Å². The largest absolute Gasteiger partial charge is 0.490 e. The van der Waals surface area contributed by atoms with E-state index in [1.165, 1.54) is 0 Å². The van der Waals surface area contributed by atoms with E-state index in [0.29, 0.717) is 13.2 Å². The third-order valence-electron chi connectivity index (χ3n) is 4.45. The molecule has 0 fully saturated rings. The van der Waals surface area contributed by atoms with Gasteiger partial charge in [0.25, 0.3) is 0 Å². The number of para-hydroxylation sites is 2. The van der Waals surface area contributed by atoms with Gasteiger partial charge in [0.05, 0.1) is 0 Å². The van der Waals surface area contributed by atoms with E-state index < -0.39 is 0 Å². The lowest BCUT2D eigenvalue weighted by Gasteiger charge is -2.11. The van der Waals surface area contributed by atoms with Crippen molar-refractivity contribution in [2.75, 3.05) is 23.8 Å². The minimum atomic E-state index is 0.482. The summed E-state index contributed by atoms with van der Waals surface area (Å²) < 4.78 is 11.5. The fourth-order valence-electron chi connectivity index (χ4n) is 2.96. The average molecular weight is 396 g/mol. The van der Waals surface area contributed by atoms with Crippen LogP contribution in [0.2, 0.25) is 0 Å². The summed E-state index contributed by atoms with van der Waals surface area (Å²) >= 11 is 0. The second kappa shape index (κ2) is 10.0. The summed E-state index contributed by atoms with van der Waals surface area (Å²) in [6.45, 7) is 0.963. The Bertz CT molecular complexity index is 931. The maximum absolute atomic E-state index is 5.77. The number of benzene rings is 4. The molecule has 0 aliphatic heterocycles. The molecule has 0 aromatic heterocycles. The van der Waals surface area contributed by atoms with Gasteiger partial charge in [-0.05, 0) is 72.8 Å². The van der Waals surface area contributed by atoms with Crippen LogP contribution in [0.25, 0.3) is 0 Å². The Morgan fingerprint density at radius 3 is 1.10 bits per heavy atom. The van der Waals surface area contributed by atoms with Gasteiger partial charge in [-0.1, -0.05) is 36.4 Å². The van der Waals surface area contributed by atoms with Gasteiger partial charge in [-0.15, -0.1) is 0 Å². The predicted molar refractivity (Wildman–Crippen MR) is 123 cm³/mol. The highest BCUT2D eigenvalue weighted by Gasteiger charge is 1.99. The Morgan fingerprint density at radius 1 is 0.400 bits per heavy atom.